The van der Waals surface area contributed by atoms with Gasteiger partial charge in [0.25, 0.3) is 5.91 Å². The molecule has 176 valence electrons. The summed E-state index contributed by atoms with van der Waals surface area (Å²) in [6, 6.07) is 9.58. The van der Waals surface area contributed by atoms with Gasteiger partial charge in [0.1, 0.15) is 17.3 Å². The smallest absolute Gasteiger partial charge is 0.262 e. The third-order valence-corrected chi connectivity index (χ3v) is 5.92. The van der Waals surface area contributed by atoms with Crippen molar-refractivity contribution in [3.8, 4) is 6.07 Å². The first-order chi connectivity index (χ1) is 16.9. The number of fused-ring (bicyclic) bond motifs is 2. The zero-order valence-electron chi connectivity index (χ0n) is 20.0. The number of nitrogens with two attached hydrogens (primary N) is 1. The molecule has 0 aliphatic rings. The predicted octanol–water partition coefficient (Wildman–Crippen LogP) is 3.54. The molecule has 9 heteroatoms. The van der Waals surface area contributed by atoms with Crippen LogP contribution in [-0.2, 0) is 11.8 Å². The van der Waals surface area contributed by atoms with Gasteiger partial charge < -0.3 is 16.0 Å². The fourth-order valence-electron chi connectivity index (χ4n) is 4.04. The summed E-state index contributed by atoms with van der Waals surface area (Å²) in [5, 5.41) is 18.9. The molecule has 1 amide bonds. The van der Waals surface area contributed by atoms with Gasteiger partial charge >= 0.3 is 0 Å². The number of H-pyrrole nitrogens is 1. The van der Waals surface area contributed by atoms with Crippen LogP contribution in [0.4, 0.5) is 0 Å². The lowest BCUT2D eigenvalue weighted by Gasteiger charge is -2.14. The fraction of sp³-hybridized carbons (Fsp3) is 0.192. The van der Waals surface area contributed by atoms with E-state index in [1.165, 1.54) is 6.20 Å². The Kier molecular flexibility index (Phi) is 6.46. The van der Waals surface area contributed by atoms with Crippen molar-refractivity contribution in [3.63, 3.8) is 0 Å². The molecule has 0 unspecified atom stereocenters. The van der Waals surface area contributed by atoms with Crippen LogP contribution in [0.2, 0.25) is 0 Å². The molecular weight excluding hydrogens is 440 g/mol. The molecule has 0 radical (unpaired) electrons. The molecule has 35 heavy (non-hydrogen) atoms. The zero-order valence-corrected chi connectivity index (χ0v) is 20.0. The maximum Gasteiger partial charge on any atom is 0.262 e. The van der Waals surface area contributed by atoms with E-state index in [1.54, 1.807) is 31.7 Å². The van der Waals surface area contributed by atoms with Crippen molar-refractivity contribution in [2.24, 2.45) is 17.8 Å². The lowest BCUT2D eigenvalue weighted by atomic mass is 10.0. The standard InChI is InChI=1S/C26H26N8O/c1-15(17-5-6-24-22(8-17)16(2)33-34(24)4)32-26(35)18(10-27)7-20-14-31-25-23(20)9-19(13-30-25)21(11-28)12-29-3/h5-9,11-15H,28H2,1-4H3,(H,30,31)(H,32,35)/b18-7+,21-11+,29-12?/t15-/m1/s1. The Hall–Kier alpha value is -4.71. The molecule has 1 aromatic carbocycles. The molecule has 0 aliphatic carbocycles. The monoisotopic (exact) mass is 466 g/mol. The average molecular weight is 467 g/mol. The van der Waals surface area contributed by atoms with Crippen molar-refractivity contribution in [1.82, 2.24) is 25.1 Å². The van der Waals surface area contributed by atoms with Crippen LogP contribution in [0.15, 0.2) is 53.4 Å². The number of hydrogen-bond acceptors (Lipinski definition) is 6. The highest BCUT2D eigenvalue weighted by Gasteiger charge is 2.17. The number of aliphatic imine (C=N–C) groups is 1. The van der Waals surface area contributed by atoms with Crippen LogP contribution in [0.5, 0.6) is 0 Å². The average Bonchev–Trinajstić information content (AvgIpc) is 3.39. The third-order valence-electron chi connectivity index (χ3n) is 5.92. The van der Waals surface area contributed by atoms with E-state index in [4.69, 9.17) is 5.73 Å². The molecule has 0 spiro atoms. The van der Waals surface area contributed by atoms with Gasteiger partial charge in [-0.1, -0.05) is 6.07 Å². The minimum Gasteiger partial charge on any atom is -0.404 e. The summed E-state index contributed by atoms with van der Waals surface area (Å²) >= 11 is 0. The van der Waals surface area contributed by atoms with Gasteiger partial charge in [-0.25, -0.2) is 4.98 Å². The van der Waals surface area contributed by atoms with Gasteiger partial charge in [0.2, 0.25) is 0 Å². The second kappa shape index (κ2) is 9.65. The van der Waals surface area contributed by atoms with Gasteiger partial charge in [0.05, 0.1) is 17.3 Å². The molecule has 0 saturated heterocycles. The van der Waals surface area contributed by atoms with Gasteiger partial charge in [-0.15, -0.1) is 0 Å². The number of aromatic nitrogens is 4. The van der Waals surface area contributed by atoms with Crippen molar-refractivity contribution in [2.75, 3.05) is 7.05 Å². The number of aromatic amines is 1. The first kappa shape index (κ1) is 23.4. The van der Waals surface area contributed by atoms with Crippen molar-refractivity contribution >= 4 is 45.7 Å². The van der Waals surface area contributed by atoms with Gasteiger partial charge in [-0.3, -0.25) is 14.5 Å². The van der Waals surface area contributed by atoms with Crippen molar-refractivity contribution in [3.05, 3.63) is 70.8 Å². The maximum atomic E-state index is 13.0. The SMILES string of the molecule is CN=C/C(=C\N)c1cnc2[nH]cc(/C=C(\C#N)C(=O)N[C@H](C)c3ccc4c(c3)c(C)nn4C)c2c1. The Labute approximate surface area is 202 Å². The fourth-order valence-corrected chi connectivity index (χ4v) is 4.04. The lowest BCUT2D eigenvalue weighted by molar-refractivity contribution is -0.117. The van der Waals surface area contributed by atoms with E-state index in [0.717, 1.165) is 33.1 Å². The van der Waals surface area contributed by atoms with Crippen molar-refractivity contribution in [1.29, 1.82) is 5.26 Å². The maximum absolute atomic E-state index is 13.0. The Morgan fingerprint density at radius 1 is 1.34 bits per heavy atom. The van der Waals surface area contributed by atoms with E-state index in [9.17, 15) is 10.1 Å². The second-order valence-corrected chi connectivity index (χ2v) is 8.22. The van der Waals surface area contributed by atoms with E-state index in [-0.39, 0.29) is 11.6 Å². The van der Waals surface area contributed by atoms with Crippen molar-refractivity contribution in [2.45, 2.75) is 19.9 Å². The molecule has 0 bridgehead atoms. The molecule has 0 saturated carbocycles. The van der Waals surface area contributed by atoms with Crippen LogP contribution >= 0.6 is 0 Å². The van der Waals surface area contributed by atoms with Crippen molar-refractivity contribution < 1.29 is 4.79 Å². The molecule has 0 aliphatic heterocycles. The number of allylic oxidation sites excluding steroid dienone is 1. The van der Waals surface area contributed by atoms with E-state index >= 15 is 0 Å². The van der Waals surface area contributed by atoms with Crippen LogP contribution in [0.3, 0.4) is 0 Å². The van der Waals surface area contributed by atoms with Crippen LogP contribution in [-0.4, -0.2) is 38.9 Å². The Bertz CT molecular complexity index is 1560. The quantitative estimate of drug-likeness (QED) is 0.227. The number of hydrogen-bond donors (Lipinski definition) is 3. The Morgan fingerprint density at radius 3 is 2.86 bits per heavy atom. The first-order valence-electron chi connectivity index (χ1n) is 11.0. The van der Waals surface area contributed by atoms with Crippen LogP contribution in [0.25, 0.3) is 33.6 Å². The number of carbonyl (C=O) groups excluding carboxylic acids is 1. The van der Waals surface area contributed by atoms with E-state index in [0.29, 0.717) is 16.8 Å². The lowest BCUT2D eigenvalue weighted by Crippen LogP contribution is -2.27. The minimum atomic E-state index is -0.456. The number of pyridine rings is 1. The third kappa shape index (κ3) is 4.54. The molecule has 4 rings (SSSR count). The molecular formula is C26H26N8O. The van der Waals surface area contributed by atoms with Gasteiger partial charge in [0.15, 0.2) is 0 Å². The summed E-state index contributed by atoms with van der Waals surface area (Å²) in [6.45, 7) is 3.84. The number of rotatable bonds is 6. The number of aryl methyl sites for hydroxylation is 2. The summed E-state index contributed by atoms with van der Waals surface area (Å²) in [5.74, 6) is -0.456. The molecule has 3 heterocycles. The van der Waals surface area contributed by atoms with Crippen LogP contribution in [0.1, 0.15) is 35.3 Å². The number of carbonyl (C=O) groups is 1. The predicted molar refractivity (Wildman–Crippen MR) is 138 cm³/mol. The van der Waals surface area contributed by atoms with E-state index in [2.05, 4.69) is 25.4 Å². The largest absolute Gasteiger partial charge is 0.404 e. The summed E-state index contributed by atoms with van der Waals surface area (Å²) in [4.78, 5) is 24.5. The summed E-state index contributed by atoms with van der Waals surface area (Å²) in [7, 11) is 3.56. The second-order valence-electron chi connectivity index (χ2n) is 8.22. The molecule has 4 aromatic rings. The van der Waals surface area contributed by atoms with Crippen LogP contribution < -0.4 is 11.1 Å². The molecule has 1 atom stereocenters. The number of nitriles is 1. The minimum absolute atomic E-state index is 0.00787. The zero-order chi connectivity index (χ0) is 25.1. The molecule has 3 aromatic heterocycles. The number of nitrogens with zero attached hydrogens (tertiary/aromatic N) is 5. The Morgan fingerprint density at radius 2 is 2.14 bits per heavy atom. The molecule has 9 nitrogen and oxygen atoms in total. The normalized spacial score (nSPS) is 13.5. The number of amides is 1. The number of benzene rings is 1. The molecule has 0 fully saturated rings. The van der Waals surface area contributed by atoms with Crippen LogP contribution in [0, 0.1) is 18.3 Å². The van der Waals surface area contributed by atoms with E-state index < -0.39 is 5.91 Å². The topological polar surface area (TPSA) is 138 Å². The van der Waals surface area contributed by atoms with E-state index in [1.807, 2.05) is 55.9 Å². The highest BCUT2D eigenvalue weighted by atomic mass is 16.1. The summed E-state index contributed by atoms with van der Waals surface area (Å²) in [5.41, 5.74) is 11.4. The van der Waals surface area contributed by atoms with Gasteiger partial charge in [-0.05, 0) is 43.7 Å². The number of nitrogens with one attached hydrogen (secondary N) is 2. The summed E-state index contributed by atoms with van der Waals surface area (Å²) in [6.07, 6.45) is 8.06. The molecule has 4 N–H and O–H groups in total. The summed E-state index contributed by atoms with van der Waals surface area (Å²) < 4.78 is 1.83. The first-order valence-corrected chi connectivity index (χ1v) is 11.0. The highest BCUT2D eigenvalue weighted by Crippen LogP contribution is 2.25. The van der Waals surface area contributed by atoms with Gasteiger partial charge in [0, 0.05) is 66.4 Å². The van der Waals surface area contributed by atoms with Gasteiger partial charge in [-0.2, -0.15) is 10.4 Å². The highest BCUT2D eigenvalue weighted by molar-refractivity contribution is 6.10. The Balaban J connectivity index is 1.61.